The number of sulfonamides is 1. The van der Waals surface area contributed by atoms with Gasteiger partial charge in [0, 0.05) is 11.6 Å². The Balaban J connectivity index is 2.36. The minimum atomic E-state index is -3.34. The van der Waals surface area contributed by atoms with Crippen molar-refractivity contribution in [3.05, 3.63) is 34.9 Å². The normalized spacial score (nSPS) is 11.2. The largest absolute Gasteiger partial charge is 0.351 e. The molecule has 1 aromatic carbocycles. The predicted molar refractivity (Wildman–Crippen MR) is 66.1 cm³/mol. The smallest absolute Gasteiger partial charge is 0.235 e. The molecule has 0 aromatic heterocycles. The van der Waals surface area contributed by atoms with Crippen LogP contribution in [0, 0.1) is 0 Å². The van der Waals surface area contributed by atoms with Crippen molar-refractivity contribution in [2.24, 2.45) is 0 Å². The van der Waals surface area contributed by atoms with Crippen LogP contribution in [0.2, 0.25) is 5.02 Å². The molecule has 0 saturated heterocycles. The first kappa shape index (κ1) is 14.0. The van der Waals surface area contributed by atoms with E-state index in [1.165, 1.54) is 0 Å². The fraction of sp³-hybridized carbons (Fsp3) is 0.300. The van der Waals surface area contributed by atoms with Gasteiger partial charge in [-0.05, 0) is 17.7 Å². The topological polar surface area (TPSA) is 75.3 Å². The lowest BCUT2D eigenvalue weighted by atomic mass is 10.2. The molecule has 1 aromatic rings. The maximum Gasteiger partial charge on any atom is 0.235 e. The first-order chi connectivity index (χ1) is 7.87. The number of nitrogens with one attached hydrogen (secondary N) is 2. The maximum atomic E-state index is 11.3. The zero-order valence-corrected chi connectivity index (χ0v) is 10.8. The fourth-order valence-corrected chi connectivity index (χ4v) is 1.58. The number of halogens is 1. The fourth-order valence-electron chi connectivity index (χ4n) is 1.06. The second-order valence-corrected chi connectivity index (χ2v) is 5.77. The molecule has 0 unspecified atom stereocenters. The third-order valence-corrected chi connectivity index (χ3v) is 2.82. The highest BCUT2D eigenvalue weighted by molar-refractivity contribution is 7.88. The third kappa shape index (κ3) is 6.25. The minimum absolute atomic E-state index is 0.258. The Kier molecular flexibility index (Phi) is 4.92. The number of hydrogen-bond donors (Lipinski definition) is 2. The zero-order valence-electron chi connectivity index (χ0n) is 9.23. The molecule has 1 amide bonds. The first-order valence-electron chi connectivity index (χ1n) is 4.82. The lowest BCUT2D eigenvalue weighted by Crippen LogP contribution is -2.36. The van der Waals surface area contributed by atoms with Crippen molar-refractivity contribution in [3.8, 4) is 0 Å². The number of amides is 1. The number of carbonyl (C=O) groups excluding carboxylic acids is 1. The van der Waals surface area contributed by atoms with E-state index < -0.39 is 10.0 Å². The average Bonchev–Trinajstić information content (AvgIpc) is 2.25. The molecule has 0 aliphatic carbocycles. The standard InChI is InChI=1S/C10H13ClN2O3S/c1-17(15,16)13-7-10(14)12-6-8-2-4-9(11)5-3-8/h2-5,13H,6-7H2,1H3,(H,12,14). The highest BCUT2D eigenvalue weighted by Crippen LogP contribution is 2.08. The second-order valence-electron chi connectivity index (χ2n) is 3.50. The number of benzene rings is 1. The van der Waals surface area contributed by atoms with E-state index in [1.54, 1.807) is 24.3 Å². The number of carbonyl (C=O) groups is 1. The van der Waals surface area contributed by atoms with E-state index in [-0.39, 0.29) is 12.5 Å². The van der Waals surface area contributed by atoms with E-state index >= 15 is 0 Å². The van der Waals surface area contributed by atoms with Crippen LogP contribution >= 0.6 is 11.6 Å². The summed E-state index contributed by atoms with van der Waals surface area (Å²) in [5.41, 5.74) is 0.891. The molecule has 0 heterocycles. The summed E-state index contributed by atoms with van der Waals surface area (Å²) in [7, 11) is -3.34. The minimum Gasteiger partial charge on any atom is -0.351 e. The predicted octanol–water partition coefficient (Wildman–Crippen LogP) is 0.505. The summed E-state index contributed by atoms with van der Waals surface area (Å²) >= 11 is 5.71. The highest BCUT2D eigenvalue weighted by Gasteiger charge is 2.05. The second kappa shape index (κ2) is 6.00. The molecule has 2 N–H and O–H groups in total. The molecule has 5 nitrogen and oxygen atoms in total. The van der Waals surface area contributed by atoms with Crippen LogP contribution in [0.25, 0.3) is 0 Å². The van der Waals surface area contributed by atoms with Gasteiger partial charge in [-0.15, -0.1) is 0 Å². The van der Waals surface area contributed by atoms with Crippen LogP contribution in [0.1, 0.15) is 5.56 Å². The van der Waals surface area contributed by atoms with Crippen molar-refractivity contribution in [2.75, 3.05) is 12.8 Å². The summed E-state index contributed by atoms with van der Waals surface area (Å²) in [6.45, 7) is 0.0772. The van der Waals surface area contributed by atoms with Crippen LogP contribution < -0.4 is 10.0 Å². The van der Waals surface area contributed by atoms with E-state index in [1.807, 2.05) is 0 Å². The van der Waals surface area contributed by atoms with Gasteiger partial charge in [-0.25, -0.2) is 13.1 Å². The van der Waals surface area contributed by atoms with Gasteiger partial charge in [0.25, 0.3) is 0 Å². The van der Waals surface area contributed by atoms with Gasteiger partial charge in [0.1, 0.15) is 0 Å². The molecule has 7 heteroatoms. The Morgan fingerprint density at radius 3 is 2.41 bits per heavy atom. The molecular formula is C10H13ClN2O3S. The van der Waals surface area contributed by atoms with Gasteiger partial charge >= 0.3 is 0 Å². The van der Waals surface area contributed by atoms with Gasteiger partial charge in [-0.1, -0.05) is 23.7 Å². The first-order valence-corrected chi connectivity index (χ1v) is 7.09. The van der Waals surface area contributed by atoms with Gasteiger partial charge < -0.3 is 5.32 Å². The Morgan fingerprint density at radius 1 is 1.29 bits per heavy atom. The summed E-state index contributed by atoms with van der Waals surface area (Å²) in [5.74, 6) is -0.384. The summed E-state index contributed by atoms with van der Waals surface area (Å²) in [6, 6.07) is 7.01. The number of hydrogen-bond acceptors (Lipinski definition) is 3. The molecule has 17 heavy (non-hydrogen) atoms. The molecule has 0 saturated carbocycles. The Hall–Kier alpha value is -1.11. The van der Waals surface area contributed by atoms with Gasteiger partial charge in [0.15, 0.2) is 0 Å². The van der Waals surface area contributed by atoms with Crippen molar-refractivity contribution in [2.45, 2.75) is 6.54 Å². The molecule has 0 aliphatic rings. The molecule has 0 fully saturated rings. The Labute approximate surface area is 105 Å². The van der Waals surface area contributed by atoms with Gasteiger partial charge in [-0.2, -0.15) is 0 Å². The monoisotopic (exact) mass is 276 g/mol. The molecule has 0 atom stereocenters. The van der Waals surface area contributed by atoms with Crippen LogP contribution in [0.3, 0.4) is 0 Å². The zero-order chi connectivity index (χ0) is 12.9. The lowest BCUT2D eigenvalue weighted by molar-refractivity contribution is -0.120. The van der Waals surface area contributed by atoms with Crippen molar-refractivity contribution in [3.63, 3.8) is 0 Å². The molecule has 0 spiro atoms. The summed E-state index contributed by atoms with van der Waals surface area (Å²) in [5, 5.41) is 3.21. The van der Waals surface area contributed by atoms with E-state index in [0.29, 0.717) is 11.6 Å². The average molecular weight is 277 g/mol. The maximum absolute atomic E-state index is 11.3. The quantitative estimate of drug-likeness (QED) is 0.823. The van der Waals surface area contributed by atoms with Gasteiger partial charge in [0.05, 0.1) is 12.8 Å². The van der Waals surface area contributed by atoms with Crippen LogP contribution in [0.15, 0.2) is 24.3 Å². The SMILES string of the molecule is CS(=O)(=O)NCC(=O)NCc1ccc(Cl)cc1. The highest BCUT2D eigenvalue weighted by atomic mass is 35.5. The van der Waals surface area contributed by atoms with E-state index in [2.05, 4.69) is 10.0 Å². The molecule has 1 rings (SSSR count). The van der Waals surface area contributed by atoms with Crippen LogP contribution in [0.4, 0.5) is 0 Å². The van der Waals surface area contributed by atoms with E-state index in [9.17, 15) is 13.2 Å². The molecule has 0 bridgehead atoms. The van der Waals surface area contributed by atoms with Gasteiger partial charge in [-0.3, -0.25) is 4.79 Å². The van der Waals surface area contributed by atoms with Crippen molar-refractivity contribution >= 4 is 27.5 Å². The van der Waals surface area contributed by atoms with Crippen molar-refractivity contribution in [1.82, 2.24) is 10.0 Å². The Morgan fingerprint density at radius 2 is 1.88 bits per heavy atom. The van der Waals surface area contributed by atoms with Crippen LogP contribution in [-0.4, -0.2) is 27.1 Å². The number of rotatable bonds is 5. The third-order valence-electron chi connectivity index (χ3n) is 1.90. The van der Waals surface area contributed by atoms with Crippen LogP contribution in [-0.2, 0) is 21.4 Å². The van der Waals surface area contributed by atoms with E-state index in [0.717, 1.165) is 11.8 Å². The molecule has 94 valence electrons. The molecule has 0 aliphatic heterocycles. The van der Waals surface area contributed by atoms with Crippen LogP contribution in [0.5, 0.6) is 0 Å². The van der Waals surface area contributed by atoms with E-state index in [4.69, 9.17) is 11.6 Å². The Bertz CT molecular complexity index is 485. The lowest BCUT2D eigenvalue weighted by Gasteiger charge is -2.05. The summed E-state index contributed by atoms with van der Waals surface area (Å²) < 4.78 is 23.6. The van der Waals surface area contributed by atoms with Gasteiger partial charge in [0.2, 0.25) is 15.9 Å². The summed E-state index contributed by atoms with van der Waals surface area (Å²) in [6.07, 6.45) is 0.999. The summed E-state index contributed by atoms with van der Waals surface area (Å²) in [4.78, 5) is 11.3. The van der Waals surface area contributed by atoms with Crippen molar-refractivity contribution in [1.29, 1.82) is 0 Å². The molecule has 0 radical (unpaired) electrons. The molecular weight excluding hydrogens is 264 g/mol. The van der Waals surface area contributed by atoms with Crippen molar-refractivity contribution < 1.29 is 13.2 Å².